The average molecular weight is 363 g/mol. The summed E-state index contributed by atoms with van der Waals surface area (Å²) in [5, 5.41) is 12.6. The summed E-state index contributed by atoms with van der Waals surface area (Å²) in [6.45, 7) is 4.92. The second-order valence-electron chi connectivity index (χ2n) is 6.72. The summed E-state index contributed by atoms with van der Waals surface area (Å²) in [6, 6.07) is 10.3. The van der Waals surface area contributed by atoms with Crippen molar-refractivity contribution >= 4 is 21.7 Å². The van der Waals surface area contributed by atoms with E-state index in [1.807, 2.05) is 24.3 Å². The number of halogens is 1. The third-order valence-corrected chi connectivity index (χ3v) is 4.69. The molecule has 1 aromatic carbocycles. The van der Waals surface area contributed by atoms with Gasteiger partial charge in [0.25, 0.3) is 0 Å². The Morgan fingerprint density at radius 3 is 2.50 bits per heavy atom. The van der Waals surface area contributed by atoms with Gasteiger partial charge >= 0.3 is 0 Å². The van der Waals surface area contributed by atoms with Crippen LogP contribution in [-0.4, -0.2) is 11.8 Å². The molecule has 22 heavy (non-hydrogen) atoms. The van der Waals surface area contributed by atoms with Gasteiger partial charge in [0.15, 0.2) is 5.78 Å². The number of ketones is 1. The lowest BCUT2D eigenvalue weighted by atomic mass is 9.92. The van der Waals surface area contributed by atoms with Crippen molar-refractivity contribution in [3.63, 3.8) is 0 Å². The minimum absolute atomic E-state index is 0.158. The molecule has 1 aromatic rings. The van der Waals surface area contributed by atoms with E-state index in [1.54, 1.807) is 0 Å². The zero-order valence-electron chi connectivity index (χ0n) is 13.2. The lowest BCUT2D eigenvalue weighted by Crippen LogP contribution is -2.38. The summed E-state index contributed by atoms with van der Waals surface area (Å²) in [5.41, 5.74) is 0.803. The minimum atomic E-state index is -0.356. The van der Waals surface area contributed by atoms with Gasteiger partial charge in [-0.05, 0) is 42.9 Å². The molecule has 0 aliphatic heterocycles. The van der Waals surface area contributed by atoms with Crippen LogP contribution in [-0.2, 0) is 11.3 Å². The summed E-state index contributed by atoms with van der Waals surface area (Å²) in [6.07, 6.45) is 2.96. The summed E-state index contributed by atoms with van der Waals surface area (Å²) in [5.74, 6) is 0.633. The molecule has 0 amide bonds. The Labute approximate surface area is 141 Å². The Morgan fingerprint density at radius 1 is 1.36 bits per heavy atom. The van der Waals surface area contributed by atoms with E-state index in [0.717, 1.165) is 29.3 Å². The molecule has 1 atom stereocenters. The van der Waals surface area contributed by atoms with Crippen molar-refractivity contribution in [2.24, 2.45) is 11.3 Å². The molecule has 0 spiro atoms. The van der Waals surface area contributed by atoms with Crippen LogP contribution in [0.15, 0.2) is 28.7 Å². The van der Waals surface area contributed by atoms with E-state index in [-0.39, 0.29) is 17.2 Å². The van der Waals surface area contributed by atoms with Gasteiger partial charge < -0.3 is 5.32 Å². The average Bonchev–Trinajstić information content (AvgIpc) is 3.25. The first-order valence-electron chi connectivity index (χ1n) is 7.86. The van der Waals surface area contributed by atoms with Crippen molar-refractivity contribution in [3.8, 4) is 6.07 Å². The molecule has 1 aliphatic carbocycles. The predicted octanol–water partition coefficient (Wildman–Crippen LogP) is 4.22. The minimum Gasteiger partial charge on any atom is -0.303 e. The molecule has 0 radical (unpaired) electrons. The maximum absolute atomic E-state index is 12.5. The lowest BCUT2D eigenvalue weighted by molar-refractivity contribution is -0.122. The van der Waals surface area contributed by atoms with Gasteiger partial charge in [-0.25, -0.2) is 0 Å². The van der Waals surface area contributed by atoms with Crippen LogP contribution in [0.25, 0.3) is 0 Å². The highest BCUT2D eigenvalue weighted by molar-refractivity contribution is 9.10. The van der Waals surface area contributed by atoms with Crippen molar-refractivity contribution in [1.82, 2.24) is 5.32 Å². The molecule has 0 bridgehead atoms. The Bertz CT molecular complexity index is 555. The summed E-state index contributed by atoms with van der Waals surface area (Å²) in [7, 11) is 0. The van der Waals surface area contributed by atoms with Gasteiger partial charge in [0.1, 0.15) is 0 Å². The van der Waals surface area contributed by atoms with Crippen molar-refractivity contribution in [3.05, 3.63) is 34.3 Å². The van der Waals surface area contributed by atoms with Gasteiger partial charge in [0.2, 0.25) is 0 Å². The standard InChI is InChI=1S/C18H23BrN2O/c1-13(2)9-16(17(22)10-18(12-20)7-8-18)21-11-14-3-5-15(19)6-4-14/h3-6,13,16,21H,7-11H2,1-2H3/t16-/m0/s1. The molecular formula is C18H23BrN2O. The zero-order chi connectivity index (χ0) is 16.2. The smallest absolute Gasteiger partial charge is 0.151 e. The van der Waals surface area contributed by atoms with Gasteiger partial charge in [0, 0.05) is 17.4 Å². The lowest BCUT2D eigenvalue weighted by Gasteiger charge is -2.21. The van der Waals surface area contributed by atoms with Crippen LogP contribution < -0.4 is 5.32 Å². The molecule has 0 saturated heterocycles. The zero-order valence-corrected chi connectivity index (χ0v) is 14.8. The van der Waals surface area contributed by atoms with Gasteiger partial charge in [-0.3, -0.25) is 4.79 Å². The maximum Gasteiger partial charge on any atom is 0.151 e. The molecule has 0 heterocycles. The normalized spacial score (nSPS) is 17.0. The number of hydrogen-bond donors (Lipinski definition) is 1. The van der Waals surface area contributed by atoms with Crippen LogP contribution in [0.1, 0.15) is 45.1 Å². The second-order valence-corrected chi connectivity index (χ2v) is 7.64. The highest BCUT2D eigenvalue weighted by atomic mass is 79.9. The molecule has 1 N–H and O–H groups in total. The van der Waals surface area contributed by atoms with Crippen LogP contribution in [0.5, 0.6) is 0 Å². The summed E-state index contributed by atoms with van der Waals surface area (Å²) in [4.78, 5) is 12.5. The second kappa shape index (κ2) is 7.39. The summed E-state index contributed by atoms with van der Waals surface area (Å²) >= 11 is 3.42. The number of nitrogens with one attached hydrogen (secondary N) is 1. The van der Waals surface area contributed by atoms with Crippen LogP contribution in [0.3, 0.4) is 0 Å². The monoisotopic (exact) mass is 362 g/mol. The molecule has 2 rings (SSSR count). The fourth-order valence-corrected chi connectivity index (χ4v) is 2.84. The van der Waals surface area contributed by atoms with E-state index in [0.29, 0.717) is 18.9 Å². The van der Waals surface area contributed by atoms with Crippen molar-refractivity contribution in [1.29, 1.82) is 5.26 Å². The number of nitrogens with zero attached hydrogens (tertiary/aromatic N) is 1. The van der Waals surface area contributed by atoms with Crippen LogP contribution >= 0.6 is 15.9 Å². The number of carbonyl (C=O) groups is 1. The number of rotatable bonds is 8. The highest BCUT2D eigenvalue weighted by Crippen LogP contribution is 2.48. The van der Waals surface area contributed by atoms with Crippen LogP contribution in [0, 0.1) is 22.7 Å². The third-order valence-electron chi connectivity index (χ3n) is 4.16. The molecule has 1 fully saturated rings. The highest BCUT2D eigenvalue weighted by Gasteiger charge is 2.45. The van der Waals surface area contributed by atoms with Crippen molar-refractivity contribution in [2.75, 3.05) is 0 Å². The van der Waals surface area contributed by atoms with E-state index in [2.05, 4.69) is 41.2 Å². The molecule has 118 valence electrons. The van der Waals surface area contributed by atoms with E-state index in [9.17, 15) is 10.1 Å². The maximum atomic E-state index is 12.5. The topological polar surface area (TPSA) is 52.9 Å². The number of carbonyl (C=O) groups excluding carboxylic acids is 1. The quantitative estimate of drug-likeness (QED) is 0.753. The van der Waals surface area contributed by atoms with Gasteiger partial charge in [-0.1, -0.05) is 41.9 Å². The number of hydrogen-bond acceptors (Lipinski definition) is 3. The Kier molecular flexibility index (Phi) is 5.77. The Balaban J connectivity index is 1.95. The molecule has 0 unspecified atom stereocenters. The number of Topliss-reactive ketones (excluding diaryl/α,β-unsaturated/α-hetero) is 1. The van der Waals surface area contributed by atoms with Crippen molar-refractivity contribution in [2.45, 2.75) is 52.1 Å². The van der Waals surface area contributed by atoms with Crippen LogP contribution in [0.2, 0.25) is 0 Å². The fraction of sp³-hybridized carbons (Fsp3) is 0.556. The molecule has 4 heteroatoms. The number of benzene rings is 1. The first-order chi connectivity index (χ1) is 10.4. The molecule has 1 aliphatic rings. The Morgan fingerprint density at radius 2 is 2.00 bits per heavy atom. The molecular weight excluding hydrogens is 340 g/mol. The predicted molar refractivity (Wildman–Crippen MR) is 91.1 cm³/mol. The SMILES string of the molecule is CC(C)C[C@H](NCc1ccc(Br)cc1)C(=O)CC1(C#N)CC1. The van der Waals surface area contributed by atoms with E-state index < -0.39 is 0 Å². The Hall–Kier alpha value is -1.18. The van der Waals surface area contributed by atoms with Crippen molar-refractivity contribution < 1.29 is 4.79 Å². The van der Waals surface area contributed by atoms with Gasteiger partial charge in [-0.15, -0.1) is 0 Å². The van der Waals surface area contributed by atoms with E-state index in [1.165, 1.54) is 0 Å². The van der Waals surface area contributed by atoms with Gasteiger partial charge in [0.05, 0.1) is 17.5 Å². The number of nitriles is 1. The molecule has 0 aromatic heterocycles. The third kappa shape index (κ3) is 4.93. The van der Waals surface area contributed by atoms with Gasteiger partial charge in [-0.2, -0.15) is 5.26 Å². The first kappa shape index (κ1) is 17.2. The first-order valence-corrected chi connectivity index (χ1v) is 8.65. The van der Waals surface area contributed by atoms with E-state index >= 15 is 0 Å². The largest absolute Gasteiger partial charge is 0.303 e. The fourth-order valence-electron chi connectivity index (χ4n) is 2.58. The van der Waals surface area contributed by atoms with Crippen LogP contribution in [0.4, 0.5) is 0 Å². The van der Waals surface area contributed by atoms with E-state index in [4.69, 9.17) is 0 Å². The molecule has 3 nitrogen and oxygen atoms in total. The molecule has 1 saturated carbocycles. The summed E-state index contributed by atoms with van der Waals surface area (Å²) < 4.78 is 1.05.